The standard InChI is InChI=1S/C15H18N2O2S/c1-9-8-10-11(16)4-3-5-12(10)17(9)13-6-7-20-14(13)15(18)19-2/h6-8,11H,3-5,16H2,1-2H3. The maximum absolute atomic E-state index is 11.9. The number of rotatable bonds is 2. The first kappa shape index (κ1) is 13.4. The molecule has 1 unspecified atom stereocenters. The number of hydrogen-bond donors (Lipinski definition) is 1. The molecule has 106 valence electrons. The molecule has 0 aromatic carbocycles. The van der Waals surface area contributed by atoms with Gasteiger partial charge in [0.05, 0.1) is 12.8 Å². The molecular formula is C15H18N2O2S. The Hall–Kier alpha value is -1.59. The molecule has 1 atom stereocenters. The molecule has 2 heterocycles. The summed E-state index contributed by atoms with van der Waals surface area (Å²) < 4.78 is 7.04. The molecule has 0 saturated heterocycles. The Morgan fingerprint density at radius 1 is 1.55 bits per heavy atom. The van der Waals surface area contributed by atoms with E-state index in [2.05, 4.69) is 17.6 Å². The minimum Gasteiger partial charge on any atom is -0.465 e. The van der Waals surface area contributed by atoms with Crippen molar-refractivity contribution in [2.75, 3.05) is 7.11 Å². The number of nitrogens with zero attached hydrogens (tertiary/aromatic N) is 1. The molecule has 2 N–H and O–H groups in total. The van der Waals surface area contributed by atoms with Crippen LogP contribution in [-0.4, -0.2) is 17.6 Å². The number of aromatic nitrogens is 1. The Morgan fingerprint density at radius 2 is 2.35 bits per heavy atom. The number of thiophene rings is 1. The van der Waals surface area contributed by atoms with Gasteiger partial charge in [-0.2, -0.15) is 0 Å². The number of carbonyl (C=O) groups is 1. The van der Waals surface area contributed by atoms with Crippen LogP contribution in [0.2, 0.25) is 0 Å². The fourth-order valence-corrected chi connectivity index (χ4v) is 3.79. The molecule has 0 amide bonds. The zero-order chi connectivity index (χ0) is 14.3. The van der Waals surface area contributed by atoms with Gasteiger partial charge >= 0.3 is 5.97 Å². The van der Waals surface area contributed by atoms with Crippen LogP contribution in [0.4, 0.5) is 0 Å². The van der Waals surface area contributed by atoms with Gasteiger partial charge in [-0.15, -0.1) is 11.3 Å². The maximum atomic E-state index is 11.9. The average Bonchev–Trinajstić information content (AvgIpc) is 3.02. The van der Waals surface area contributed by atoms with Crippen molar-refractivity contribution in [3.63, 3.8) is 0 Å². The average molecular weight is 290 g/mol. The van der Waals surface area contributed by atoms with Crippen LogP contribution in [-0.2, 0) is 11.2 Å². The lowest BCUT2D eigenvalue weighted by molar-refractivity contribution is 0.0606. The van der Waals surface area contributed by atoms with Gasteiger partial charge < -0.3 is 15.0 Å². The van der Waals surface area contributed by atoms with Crippen molar-refractivity contribution in [3.8, 4) is 5.69 Å². The van der Waals surface area contributed by atoms with E-state index < -0.39 is 0 Å². The van der Waals surface area contributed by atoms with Crippen LogP contribution in [0, 0.1) is 6.92 Å². The van der Waals surface area contributed by atoms with Crippen molar-refractivity contribution in [1.82, 2.24) is 4.57 Å². The maximum Gasteiger partial charge on any atom is 0.350 e. The predicted molar refractivity (Wildman–Crippen MR) is 79.6 cm³/mol. The Balaban J connectivity index is 2.16. The van der Waals surface area contributed by atoms with E-state index in [1.807, 2.05) is 11.4 Å². The lowest BCUT2D eigenvalue weighted by Crippen LogP contribution is -2.18. The first-order valence-electron chi connectivity index (χ1n) is 6.76. The summed E-state index contributed by atoms with van der Waals surface area (Å²) in [4.78, 5) is 12.5. The van der Waals surface area contributed by atoms with Crippen LogP contribution < -0.4 is 5.73 Å². The number of esters is 1. The minimum absolute atomic E-state index is 0.110. The number of hydrogen-bond acceptors (Lipinski definition) is 4. The van der Waals surface area contributed by atoms with E-state index in [0.717, 1.165) is 30.6 Å². The van der Waals surface area contributed by atoms with Crippen LogP contribution in [0.15, 0.2) is 17.5 Å². The van der Waals surface area contributed by atoms with Crippen molar-refractivity contribution < 1.29 is 9.53 Å². The van der Waals surface area contributed by atoms with E-state index in [-0.39, 0.29) is 12.0 Å². The van der Waals surface area contributed by atoms with E-state index >= 15 is 0 Å². The summed E-state index contributed by atoms with van der Waals surface area (Å²) in [5, 5.41) is 1.93. The molecule has 1 aliphatic rings. The van der Waals surface area contributed by atoms with E-state index in [1.54, 1.807) is 0 Å². The lowest BCUT2D eigenvalue weighted by Gasteiger charge is -2.21. The summed E-state index contributed by atoms with van der Waals surface area (Å²) in [6.45, 7) is 2.06. The molecule has 3 rings (SSSR count). The highest BCUT2D eigenvalue weighted by Gasteiger charge is 2.25. The van der Waals surface area contributed by atoms with Crippen molar-refractivity contribution in [3.05, 3.63) is 39.3 Å². The third-order valence-electron chi connectivity index (χ3n) is 3.90. The molecule has 5 heteroatoms. The zero-order valence-corrected chi connectivity index (χ0v) is 12.5. The van der Waals surface area contributed by atoms with Crippen LogP contribution in [0.25, 0.3) is 5.69 Å². The largest absolute Gasteiger partial charge is 0.465 e. The number of aryl methyl sites for hydroxylation is 1. The third-order valence-corrected chi connectivity index (χ3v) is 4.79. The third kappa shape index (κ3) is 1.98. The van der Waals surface area contributed by atoms with Gasteiger partial charge in [0.2, 0.25) is 0 Å². The Morgan fingerprint density at radius 3 is 3.10 bits per heavy atom. The second-order valence-corrected chi connectivity index (χ2v) is 6.06. The van der Waals surface area contributed by atoms with Gasteiger partial charge in [0.1, 0.15) is 4.88 Å². The molecule has 0 bridgehead atoms. The van der Waals surface area contributed by atoms with E-state index in [4.69, 9.17) is 10.5 Å². The fraction of sp³-hybridized carbons (Fsp3) is 0.400. The second-order valence-electron chi connectivity index (χ2n) is 5.15. The minimum atomic E-state index is -0.281. The molecule has 4 nitrogen and oxygen atoms in total. The highest BCUT2D eigenvalue weighted by Crippen LogP contribution is 2.34. The highest BCUT2D eigenvalue weighted by molar-refractivity contribution is 7.12. The van der Waals surface area contributed by atoms with Crippen molar-refractivity contribution >= 4 is 17.3 Å². The molecule has 0 saturated carbocycles. The molecule has 0 radical (unpaired) electrons. The van der Waals surface area contributed by atoms with Gasteiger partial charge in [-0.1, -0.05) is 0 Å². The molecule has 2 aromatic rings. The van der Waals surface area contributed by atoms with E-state index in [1.165, 1.54) is 29.7 Å². The number of methoxy groups -OCH3 is 1. The summed E-state index contributed by atoms with van der Waals surface area (Å²) in [6, 6.07) is 4.24. The van der Waals surface area contributed by atoms with Gasteiger partial charge in [0.25, 0.3) is 0 Å². The quantitative estimate of drug-likeness (QED) is 0.865. The van der Waals surface area contributed by atoms with E-state index in [0.29, 0.717) is 4.88 Å². The predicted octanol–water partition coefficient (Wildman–Crippen LogP) is 2.97. The first-order valence-corrected chi connectivity index (χ1v) is 7.64. The molecular weight excluding hydrogens is 272 g/mol. The van der Waals surface area contributed by atoms with Gasteiger partial charge in [-0.05, 0) is 49.3 Å². The summed E-state index contributed by atoms with van der Waals surface area (Å²) in [6.07, 6.45) is 3.13. The smallest absolute Gasteiger partial charge is 0.350 e. The van der Waals surface area contributed by atoms with Gasteiger partial charge in [-0.3, -0.25) is 0 Å². The number of ether oxygens (including phenoxy) is 1. The summed E-state index contributed by atoms with van der Waals surface area (Å²) in [5.74, 6) is -0.281. The van der Waals surface area contributed by atoms with Gasteiger partial charge in [0, 0.05) is 17.4 Å². The normalized spacial score (nSPS) is 17.9. The van der Waals surface area contributed by atoms with Crippen LogP contribution in [0.1, 0.15) is 45.5 Å². The summed E-state index contributed by atoms with van der Waals surface area (Å²) in [5.41, 5.74) is 10.7. The van der Waals surface area contributed by atoms with Crippen LogP contribution in [0.5, 0.6) is 0 Å². The summed E-state index contributed by atoms with van der Waals surface area (Å²) >= 11 is 1.41. The molecule has 0 spiro atoms. The second kappa shape index (κ2) is 5.07. The van der Waals surface area contributed by atoms with Crippen LogP contribution >= 0.6 is 11.3 Å². The van der Waals surface area contributed by atoms with Crippen molar-refractivity contribution in [2.24, 2.45) is 5.73 Å². The van der Waals surface area contributed by atoms with E-state index in [9.17, 15) is 4.79 Å². The first-order chi connectivity index (χ1) is 9.63. The number of nitrogens with two attached hydrogens (primary N) is 1. The zero-order valence-electron chi connectivity index (χ0n) is 11.7. The van der Waals surface area contributed by atoms with Crippen molar-refractivity contribution in [2.45, 2.75) is 32.2 Å². The lowest BCUT2D eigenvalue weighted by atomic mass is 9.93. The fourth-order valence-electron chi connectivity index (χ4n) is 3.00. The van der Waals surface area contributed by atoms with Crippen LogP contribution in [0.3, 0.4) is 0 Å². The van der Waals surface area contributed by atoms with Crippen molar-refractivity contribution in [1.29, 1.82) is 0 Å². The molecule has 2 aromatic heterocycles. The topological polar surface area (TPSA) is 57.2 Å². The van der Waals surface area contributed by atoms with Gasteiger partial charge in [-0.25, -0.2) is 4.79 Å². The highest BCUT2D eigenvalue weighted by atomic mass is 32.1. The molecule has 0 aliphatic heterocycles. The molecule has 0 fully saturated rings. The Bertz CT molecular complexity index is 657. The number of carbonyl (C=O) groups excluding carboxylic acids is 1. The molecule has 20 heavy (non-hydrogen) atoms. The Labute approximate surface area is 122 Å². The monoisotopic (exact) mass is 290 g/mol. The number of fused-ring (bicyclic) bond motifs is 1. The Kier molecular flexibility index (Phi) is 3.40. The molecule has 1 aliphatic carbocycles. The summed E-state index contributed by atoms with van der Waals surface area (Å²) in [7, 11) is 1.42. The SMILES string of the molecule is COC(=O)c1sccc1-n1c(C)cc2c1CCCC2N. The van der Waals surface area contributed by atoms with Gasteiger partial charge in [0.15, 0.2) is 0 Å².